The Morgan fingerprint density at radius 3 is 2.40 bits per heavy atom. The van der Waals surface area contributed by atoms with Crippen LogP contribution in [0.25, 0.3) is 0 Å². The van der Waals surface area contributed by atoms with Crippen LogP contribution in [0.3, 0.4) is 0 Å². The number of carboxylic acid groups (broad SMARTS) is 1. The van der Waals surface area contributed by atoms with Crippen LogP contribution in [-0.4, -0.2) is 23.8 Å². The lowest BCUT2D eigenvalue weighted by Gasteiger charge is -2.31. The van der Waals surface area contributed by atoms with Gasteiger partial charge < -0.3 is 9.84 Å². The van der Waals surface area contributed by atoms with Gasteiger partial charge in [-0.2, -0.15) is 0 Å². The van der Waals surface area contributed by atoms with Crippen LogP contribution in [0.15, 0.2) is 23.8 Å². The van der Waals surface area contributed by atoms with Gasteiger partial charge in [0.15, 0.2) is 0 Å². The van der Waals surface area contributed by atoms with E-state index < -0.39 is 5.97 Å². The maximum atomic E-state index is 10.5. The molecule has 0 aliphatic carbocycles. The number of rotatable bonds is 9. The molecule has 0 fully saturated rings. The van der Waals surface area contributed by atoms with Gasteiger partial charge in [-0.05, 0) is 51.0 Å². The van der Waals surface area contributed by atoms with Gasteiger partial charge in [0.05, 0.1) is 5.60 Å². The summed E-state index contributed by atoms with van der Waals surface area (Å²) in [6.45, 7) is 10.5. The molecule has 2 unspecified atom stereocenters. The number of hydrogen-bond acceptors (Lipinski definition) is 2. The van der Waals surface area contributed by atoms with E-state index in [-0.39, 0.29) is 5.60 Å². The summed E-state index contributed by atoms with van der Waals surface area (Å²) in [4.78, 5) is 10.5. The van der Waals surface area contributed by atoms with Crippen molar-refractivity contribution < 1.29 is 14.6 Å². The molecule has 0 aliphatic rings. The highest BCUT2D eigenvalue weighted by molar-refractivity contribution is 5.81. The minimum absolute atomic E-state index is 0.0730. The lowest BCUT2D eigenvalue weighted by molar-refractivity contribution is -0.131. The third-order valence-electron chi connectivity index (χ3n) is 4.08. The Labute approximate surface area is 123 Å². The van der Waals surface area contributed by atoms with Crippen LogP contribution in [-0.2, 0) is 9.53 Å². The molecule has 0 amide bonds. The van der Waals surface area contributed by atoms with Gasteiger partial charge in [-0.25, -0.2) is 4.79 Å². The largest absolute Gasteiger partial charge is 0.478 e. The van der Waals surface area contributed by atoms with E-state index in [0.717, 1.165) is 24.8 Å². The van der Waals surface area contributed by atoms with E-state index in [2.05, 4.69) is 33.8 Å². The Morgan fingerprint density at radius 2 is 1.90 bits per heavy atom. The first-order valence-electron chi connectivity index (χ1n) is 7.32. The van der Waals surface area contributed by atoms with Crippen LogP contribution in [0.4, 0.5) is 0 Å². The van der Waals surface area contributed by atoms with Crippen LogP contribution in [0.5, 0.6) is 0 Å². The molecule has 0 heterocycles. The van der Waals surface area contributed by atoms with Crippen molar-refractivity contribution in [2.24, 2.45) is 11.8 Å². The van der Waals surface area contributed by atoms with Gasteiger partial charge in [0.25, 0.3) is 0 Å². The molecule has 0 saturated heterocycles. The molecular weight excluding hydrogens is 252 g/mol. The number of allylic oxidation sites excluding steroid dienone is 3. The molecule has 1 N–H and O–H groups in total. The molecule has 0 radical (unpaired) electrons. The third kappa shape index (κ3) is 8.16. The summed E-state index contributed by atoms with van der Waals surface area (Å²) in [6, 6.07) is 0. The van der Waals surface area contributed by atoms with Gasteiger partial charge >= 0.3 is 5.97 Å². The van der Waals surface area contributed by atoms with Gasteiger partial charge in [-0.1, -0.05) is 32.4 Å². The van der Waals surface area contributed by atoms with E-state index in [1.54, 1.807) is 14.0 Å². The Hall–Kier alpha value is -1.09. The minimum Gasteiger partial charge on any atom is -0.478 e. The van der Waals surface area contributed by atoms with Crippen LogP contribution in [0, 0.1) is 11.8 Å². The molecule has 0 spiro atoms. The summed E-state index contributed by atoms with van der Waals surface area (Å²) < 4.78 is 5.50. The summed E-state index contributed by atoms with van der Waals surface area (Å²) in [5.74, 6) is 0.224. The van der Waals surface area contributed by atoms with Crippen molar-refractivity contribution in [3.63, 3.8) is 0 Å². The maximum Gasteiger partial charge on any atom is 0.328 e. The third-order valence-corrected chi connectivity index (χ3v) is 4.08. The van der Waals surface area contributed by atoms with Crippen molar-refractivity contribution >= 4 is 5.97 Å². The monoisotopic (exact) mass is 282 g/mol. The molecule has 0 aromatic rings. The second-order valence-electron chi connectivity index (χ2n) is 6.26. The molecule has 0 rings (SSSR count). The molecule has 0 bridgehead atoms. The molecule has 2 atom stereocenters. The summed E-state index contributed by atoms with van der Waals surface area (Å²) >= 11 is 0. The van der Waals surface area contributed by atoms with Crippen LogP contribution in [0.1, 0.15) is 53.9 Å². The van der Waals surface area contributed by atoms with E-state index in [0.29, 0.717) is 11.8 Å². The zero-order chi connectivity index (χ0) is 15.8. The molecule has 0 aromatic carbocycles. The summed E-state index contributed by atoms with van der Waals surface area (Å²) in [5.41, 5.74) is 0.703. The van der Waals surface area contributed by atoms with E-state index >= 15 is 0 Å². The SMILES string of the molecule is COC(C)(C)C(C)CCC(C)C/C=C/C(C)=C/C(=O)O. The Morgan fingerprint density at radius 1 is 1.30 bits per heavy atom. The van der Waals surface area contributed by atoms with Crippen molar-refractivity contribution in [1.82, 2.24) is 0 Å². The number of carboxylic acids is 1. The smallest absolute Gasteiger partial charge is 0.328 e. The highest BCUT2D eigenvalue weighted by Crippen LogP contribution is 2.26. The first-order chi connectivity index (χ1) is 9.19. The number of hydrogen-bond donors (Lipinski definition) is 1. The topological polar surface area (TPSA) is 46.5 Å². The first kappa shape index (κ1) is 18.9. The summed E-state index contributed by atoms with van der Waals surface area (Å²) in [7, 11) is 1.76. The van der Waals surface area contributed by atoms with Gasteiger partial charge in [-0.3, -0.25) is 0 Å². The van der Waals surface area contributed by atoms with Gasteiger partial charge in [-0.15, -0.1) is 0 Å². The fourth-order valence-electron chi connectivity index (χ4n) is 1.93. The van der Waals surface area contributed by atoms with Crippen molar-refractivity contribution in [3.05, 3.63) is 23.8 Å². The van der Waals surface area contributed by atoms with Crippen molar-refractivity contribution in [2.45, 2.75) is 59.5 Å². The standard InChI is InChI=1S/C17H30O3/c1-13(8-7-9-14(2)12-16(18)19)10-11-15(3)17(4,5)20-6/h7,9,12-13,15H,8,10-11H2,1-6H3,(H,18,19)/b9-7+,14-12+. The first-order valence-corrected chi connectivity index (χ1v) is 7.32. The highest BCUT2D eigenvalue weighted by atomic mass is 16.5. The summed E-state index contributed by atoms with van der Waals surface area (Å²) in [6.07, 6.45) is 8.44. The Balaban J connectivity index is 4.10. The predicted octanol–water partition coefficient (Wildman–Crippen LogP) is 4.44. The average Bonchev–Trinajstić information content (AvgIpc) is 2.34. The van der Waals surface area contributed by atoms with E-state index in [1.165, 1.54) is 6.08 Å². The molecule has 0 aromatic heterocycles. The lowest BCUT2D eigenvalue weighted by atomic mass is 9.85. The Bertz CT molecular complexity index is 353. The second kappa shape index (κ2) is 8.96. The van der Waals surface area contributed by atoms with Crippen molar-refractivity contribution in [3.8, 4) is 0 Å². The fraction of sp³-hybridized carbons (Fsp3) is 0.706. The quantitative estimate of drug-likeness (QED) is 0.502. The lowest BCUT2D eigenvalue weighted by Crippen LogP contribution is -2.31. The molecule has 20 heavy (non-hydrogen) atoms. The Kier molecular flexibility index (Phi) is 8.47. The van der Waals surface area contributed by atoms with Crippen LogP contribution >= 0.6 is 0 Å². The number of methoxy groups -OCH3 is 1. The van der Waals surface area contributed by atoms with Gasteiger partial charge in [0.1, 0.15) is 0 Å². The van der Waals surface area contributed by atoms with Gasteiger partial charge in [0, 0.05) is 13.2 Å². The van der Waals surface area contributed by atoms with Crippen molar-refractivity contribution in [2.75, 3.05) is 7.11 Å². The van der Waals surface area contributed by atoms with Gasteiger partial charge in [0.2, 0.25) is 0 Å². The molecule has 3 nitrogen and oxygen atoms in total. The van der Waals surface area contributed by atoms with Crippen LogP contribution < -0.4 is 0 Å². The molecule has 0 aliphatic heterocycles. The highest BCUT2D eigenvalue weighted by Gasteiger charge is 2.24. The predicted molar refractivity (Wildman–Crippen MR) is 83.8 cm³/mol. The van der Waals surface area contributed by atoms with Crippen molar-refractivity contribution in [1.29, 1.82) is 0 Å². The zero-order valence-corrected chi connectivity index (χ0v) is 13.8. The second-order valence-corrected chi connectivity index (χ2v) is 6.26. The fourth-order valence-corrected chi connectivity index (χ4v) is 1.93. The van der Waals surface area contributed by atoms with E-state index in [1.807, 2.05) is 6.08 Å². The summed E-state index contributed by atoms with van der Waals surface area (Å²) in [5, 5.41) is 8.62. The zero-order valence-electron chi connectivity index (χ0n) is 13.8. The molecule has 0 saturated carbocycles. The van der Waals surface area contributed by atoms with E-state index in [9.17, 15) is 4.79 Å². The van der Waals surface area contributed by atoms with Crippen LogP contribution in [0.2, 0.25) is 0 Å². The molecular formula is C17H30O3. The molecule has 3 heteroatoms. The number of carbonyl (C=O) groups is 1. The normalized spacial score (nSPS) is 16.4. The number of aliphatic carboxylic acids is 1. The molecule has 116 valence electrons. The maximum absolute atomic E-state index is 10.5. The minimum atomic E-state index is -0.893. The number of ether oxygens (including phenoxy) is 1. The van der Waals surface area contributed by atoms with E-state index in [4.69, 9.17) is 9.84 Å². The average molecular weight is 282 g/mol.